The topological polar surface area (TPSA) is 71.4 Å². The fourth-order valence-electron chi connectivity index (χ4n) is 2.80. The molecular weight excluding hydrogens is 306 g/mol. The highest BCUT2D eigenvalue weighted by molar-refractivity contribution is 6.21. The normalized spacial score (nSPS) is 13.3. The molecule has 1 aliphatic rings. The Morgan fingerprint density at radius 1 is 1.08 bits per heavy atom. The molecule has 1 aromatic carbocycles. The molecule has 24 heavy (non-hydrogen) atoms. The molecule has 3 amide bonds. The van der Waals surface area contributed by atoms with Crippen molar-refractivity contribution in [1.29, 1.82) is 0 Å². The summed E-state index contributed by atoms with van der Waals surface area (Å²) in [5, 5.41) is 2.82. The second-order valence-electron chi connectivity index (χ2n) is 5.84. The van der Waals surface area contributed by atoms with E-state index in [1.807, 2.05) is 30.1 Å². The Hall–Kier alpha value is -2.89. The Bertz CT molecular complexity index is 759. The molecule has 0 saturated carbocycles. The Kier molecular flexibility index (Phi) is 4.46. The van der Waals surface area contributed by atoms with Gasteiger partial charge in [-0.2, -0.15) is 0 Å². The van der Waals surface area contributed by atoms with Gasteiger partial charge >= 0.3 is 0 Å². The SMILES string of the molecule is Cn1ccc(CCNC(=O)CCN2C(=O)c3ccccc3C2=O)c1. The third-order valence-electron chi connectivity index (χ3n) is 4.07. The van der Waals surface area contributed by atoms with Gasteiger partial charge in [0.25, 0.3) is 11.8 Å². The number of carbonyl (C=O) groups excluding carboxylic acids is 3. The third kappa shape index (κ3) is 3.22. The standard InChI is InChI=1S/C18H19N3O3/c1-20-10-7-13(12-20)6-9-19-16(22)8-11-21-17(23)14-4-2-3-5-15(14)18(21)24/h2-5,7,10,12H,6,8-9,11H2,1H3,(H,19,22). The number of carbonyl (C=O) groups is 3. The van der Waals surface area contributed by atoms with Crippen LogP contribution in [0.5, 0.6) is 0 Å². The molecule has 1 aromatic heterocycles. The molecule has 0 aliphatic carbocycles. The summed E-state index contributed by atoms with van der Waals surface area (Å²) >= 11 is 0. The zero-order valence-electron chi connectivity index (χ0n) is 13.5. The van der Waals surface area contributed by atoms with E-state index < -0.39 is 0 Å². The maximum Gasteiger partial charge on any atom is 0.261 e. The van der Waals surface area contributed by atoms with Crippen LogP contribution in [0.3, 0.4) is 0 Å². The first-order valence-electron chi connectivity index (χ1n) is 7.89. The molecule has 3 rings (SSSR count). The van der Waals surface area contributed by atoms with E-state index in [0.717, 1.165) is 16.9 Å². The summed E-state index contributed by atoms with van der Waals surface area (Å²) in [7, 11) is 1.95. The number of rotatable bonds is 6. The quantitative estimate of drug-likeness (QED) is 0.816. The monoisotopic (exact) mass is 325 g/mol. The summed E-state index contributed by atoms with van der Waals surface area (Å²) in [6.45, 7) is 0.633. The molecular formula is C18H19N3O3. The number of hydrogen-bond acceptors (Lipinski definition) is 3. The second-order valence-corrected chi connectivity index (χ2v) is 5.84. The molecule has 1 aliphatic heterocycles. The van der Waals surface area contributed by atoms with E-state index in [9.17, 15) is 14.4 Å². The van der Waals surface area contributed by atoms with Gasteiger partial charge in [-0.15, -0.1) is 0 Å². The van der Waals surface area contributed by atoms with Crippen molar-refractivity contribution in [3.63, 3.8) is 0 Å². The van der Waals surface area contributed by atoms with Crippen LogP contribution in [0.25, 0.3) is 0 Å². The number of aromatic nitrogens is 1. The number of amides is 3. The molecule has 0 saturated heterocycles. The summed E-state index contributed by atoms with van der Waals surface area (Å²) in [4.78, 5) is 37.4. The zero-order chi connectivity index (χ0) is 17.1. The zero-order valence-corrected chi connectivity index (χ0v) is 13.5. The first-order chi connectivity index (χ1) is 11.6. The number of hydrogen-bond donors (Lipinski definition) is 1. The molecule has 1 N–H and O–H groups in total. The van der Waals surface area contributed by atoms with E-state index in [4.69, 9.17) is 0 Å². The number of nitrogens with zero attached hydrogens (tertiary/aromatic N) is 2. The van der Waals surface area contributed by atoms with Crippen LogP contribution in [0, 0.1) is 0 Å². The minimum atomic E-state index is -0.326. The summed E-state index contributed by atoms with van der Waals surface area (Å²) in [5.41, 5.74) is 1.97. The van der Waals surface area contributed by atoms with Crippen LogP contribution in [0.1, 0.15) is 32.7 Å². The largest absolute Gasteiger partial charge is 0.357 e. The van der Waals surface area contributed by atoms with Gasteiger partial charge in [-0.05, 0) is 30.2 Å². The van der Waals surface area contributed by atoms with Gasteiger partial charge in [-0.25, -0.2) is 0 Å². The highest BCUT2D eigenvalue weighted by atomic mass is 16.2. The van der Waals surface area contributed by atoms with Gasteiger partial charge in [-0.1, -0.05) is 12.1 Å². The number of imide groups is 1. The lowest BCUT2D eigenvalue weighted by Crippen LogP contribution is -2.35. The van der Waals surface area contributed by atoms with Gasteiger partial charge in [-0.3, -0.25) is 19.3 Å². The first-order valence-corrected chi connectivity index (χ1v) is 7.89. The van der Waals surface area contributed by atoms with Crippen molar-refractivity contribution in [2.75, 3.05) is 13.1 Å². The highest BCUT2D eigenvalue weighted by Crippen LogP contribution is 2.22. The van der Waals surface area contributed by atoms with Crippen molar-refractivity contribution in [3.8, 4) is 0 Å². The van der Waals surface area contributed by atoms with Gasteiger partial charge in [0.05, 0.1) is 11.1 Å². The van der Waals surface area contributed by atoms with Crippen LogP contribution < -0.4 is 5.32 Å². The summed E-state index contributed by atoms with van der Waals surface area (Å²) in [6, 6.07) is 8.73. The second kappa shape index (κ2) is 6.70. The van der Waals surface area contributed by atoms with Crippen molar-refractivity contribution in [2.45, 2.75) is 12.8 Å². The minimum Gasteiger partial charge on any atom is -0.357 e. The number of fused-ring (bicyclic) bond motifs is 1. The summed E-state index contributed by atoms with van der Waals surface area (Å²) in [6.07, 6.45) is 4.82. The van der Waals surface area contributed by atoms with E-state index in [1.54, 1.807) is 24.3 Å². The van der Waals surface area contributed by atoms with E-state index in [1.165, 1.54) is 0 Å². The summed E-state index contributed by atoms with van der Waals surface area (Å²) in [5.74, 6) is -0.817. The van der Waals surface area contributed by atoms with Crippen molar-refractivity contribution < 1.29 is 14.4 Å². The molecule has 0 atom stereocenters. The average Bonchev–Trinajstić information content (AvgIpc) is 3.09. The van der Waals surface area contributed by atoms with Crippen LogP contribution in [-0.2, 0) is 18.3 Å². The van der Waals surface area contributed by atoms with Crippen LogP contribution in [0.4, 0.5) is 0 Å². The molecule has 0 radical (unpaired) electrons. The molecule has 0 bridgehead atoms. The number of benzene rings is 1. The molecule has 2 aromatic rings. The Morgan fingerprint density at radius 3 is 2.33 bits per heavy atom. The molecule has 124 valence electrons. The van der Waals surface area contributed by atoms with Crippen molar-refractivity contribution >= 4 is 17.7 Å². The van der Waals surface area contributed by atoms with Gasteiger partial charge in [0.2, 0.25) is 5.91 Å². The van der Waals surface area contributed by atoms with E-state index in [-0.39, 0.29) is 30.7 Å². The van der Waals surface area contributed by atoms with E-state index in [0.29, 0.717) is 17.7 Å². The molecule has 0 spiro atoms. The van der Waals surface area contributed by atoms with Gasteiger partial charge < -0.3 is 9.88 Å². The fourth-order valence-corrected chi connectivity index (χ4v) is 2.80. The third-order valence-corrected chi connectivity index (χ3v) is 4.07. The lowest BCUT2D eigenvalue weighted by atomic mass is 10.1. The van der Waals surface area contributed by atoms with Gasteiger partial charge in [0, 0.05) is 39.0 Å². The van der Waals surface area contributed by atoms with Crippen LogP contribution >= 0.6 is 0 Å². The lowest BCUT2D eigenvalue weighted by molar-refractivity contribution is -0.121. The summed E-state index contributed by atoms with van der Waals surface area (Å²) < 4.78 is 1.96. The molecule has 0 unspecified atom stereocenters. The fraction of sp³-hybridized carbons (Fsp3) is 0.278. The minimum absolute atomic E-state index is 0.101. The van der Waals surface area contributed by atoms with Crippen LogP contribution in [0.15, 0.2) is 42.7 Å². The predicted molar refractivity (Wildman–Crippen MR) is 88.6 cm³/mol. The van der Waals surface area contributed by atoms with Crippen LogP contribution in [0.2, 0.25) is 0 Å². The Labute approximate surface area is 140 Å². The van der Waals surface area contributed by atoms with Crippen molar-refractivity contribution in [1.82, 2.24) is 14.8 Å². The highest BCUT2D eigenvalue weighted by Gasteiger charge is 2.34. The lowest BCUT2D eigenvalue weighted by Gasteiger charge is -2.13. The molecule has 0 fully saturated rings. The maximum atomic E-state index is 12.2. The molecule has 6 nitrogen and oxygen atoms in total. The van der Waals surface area contributed by atoms with Crippen molar-refractivity contribution in [3.05, 3.63) is 59.4 Å². The first kappa shape index (κ1) is 16.0. The van der Waals surface area contributed by atoms with Crippen LogP contribution in [-0.4, -0.2) is 40.3 Å². The van der Waals surface area contributed by atoms with Gasteiger partial charge in [0.1, 0.15) is 0 Å². The number of aryl methyl sites for hydroxylation is 1. The average molecular weight is 325 g/mol. The number of nitrogens with one attached hydrogen (secondary N) is 1. The predicted octanol–water partition coefficient (Wildman–Crippen LogP) is 1.37. The molecule has 6 heteroatoms. The van der Waals surface area contributed by atoms with Crippen molar-refractivity contribution in [2.24, 2.45) is 7.05 Å². The maximum absolute atomic E-state index is 12.2. The Balaban J connectivity index is 1.47. The molecule has 2 heterocycles. The Morgan fingerprint density at radius 2 is 1.75 bits per heavy atom. The van der Waals surface area contributed by atoms with E-state index >= 15 is 0 Å². The smallest absolute Gasteiger partial charge is 0.261 e. The van der Waals surface area contributed by atoms with E-state index in [2.05, 4.69) is 5.32 Å². The van der Waals surface area contributed by atoms with Gasteiger partial charge in [0.15, 0.2) is 0 Å².